The Morgan fingerprint density at radius 3 is 2.73 bits per heavy atom. The summed E-state index contributed by atoms with van der Waals surface area (Å²) in [5, 5.41) is 3.38. The van der Waals surface area contributed by atoms with Gasteiger partial charge in [0.05, 0.1) is 17.7 Å². The summed E-state index contributed by atoms with van der Waals surface area (Å²) in [6.07, 6.45) is 1.52. The second-order valence-electron chi connectivity index (χ2n) is 5.40. The molecule has 1 aromatic heterocycles. The van der Waals surface area contributed by atoms with Crippen molar-refractivity contribution in [1.29, 1.82) is 0 Å². The Morgan fingerprint density at radius 1 is 1.41 bits per heavy atom. The van der Waals surface area contributed by atoms with Crippen LogP contribution in [0.25, 0.3) is 0 Å². The first-order chi connectivity index (χ1) is 10.6. The fourth-order valence-electron chi connectivity index (χ4n) is 2.44. The molecule has 2 heterocycles. The van der Waals surface area contributed by atoms with E-state index in [-0.39, 0.29) is 11.9 Å². The Kier molecular flexibility index (Phi) is 6.57. The second kappa shape index (κ2) is 8.43. The number of nitrogens with one attached hydrogen (secondary N) is 1. The molecule has 1 aliphatic rings. The monoisotopic (exact) mass is 326 g/mol. The summed E-state index contributed by atoms with van der Waals surface area (Å²) in [7, 11) is 1.72. The summed E-state index contributed by atoms with van der Waals surface area (Å²) in [4.78, 5) is 20.9. The first kappa shape index (κ1) is 17.1. The van der Waals surface area contributed by atoms with Crippen LogP contribution in [0.3, 0.4) is 0 Å². The minimum atomic E-state index is -0.179. The molecule has 0 aliphatic carbocycles. The van der Waals surface area contributed by atoms with E-state index in [1.807, 2.05) is 6.92 Å². The van der Waals surface area contributed by atoms with E-state index in [0.717, 1.165) is 39.3 Å². The van der Waals surface area contributed by atoms with E-state index in [4.69, 9.17) is 16.3 Å². The van der Waals surface area contributed by atoms with E-state index in [1.165, 1.54) is 6.20 Å². The number of aromatic nitrogens is 1. The van der Waals surface area contributed by atoms with Gasteiger partial charge in [-0.2, -0.15) is 0 Å². The van der Waals surface area contributed by atoms with Gasteiger partial charge in [0.1, 0.15) is 5.82 Å². The van der Waals surface area contributed by atoms with Crippen LogP contribution in [0.4, 0.5) is 5.82 Å². The number of halogens is 1. The fourth-order valence-corrected chi connectivity index (χ4v) is 2.55. The Balaban J connectivity index is 1.80. The number of nitrogens with zero attached hydrogens (tertiary/aromatic N) is 3. The quantitative estimate of drug-likeness (QED) is 0.854. The maximum absolute atomic E-state index is 12.3. The van der Waals surface area contributed by atoms with Gasteiger partial charge in [-0.25, -0.2) is 4.98 Å². The van der Waals surface area contributed by atoms with Crippen molar-refractivity contribution in [1.82, 2.24) is 14.8 Å². The zero-order valence-corrected chi connectivity index (χ0v) is 13.8. The molecule has 22 heavy (non-hydrogen) atoms. The molecule has 1 amide bonds. The van der Waals surface area contributed by atoms with Crippen molar-refractivity contribution < 1.29 is 9.53 Å². The molecule has 2 rings (SSSR count). The lowest BCUT2D eigenvalue weighted by Crippen LogP contribution is -2.53. The van der Waals surface area contributed by atoms with Crippen LogP contribution in [-0.4, -0.2) is 73.2 Å². The van der Waals surface area contributed by atoms with Crippen molar-refractivity contribution >= 4 is 23.3 Å². The summed E-state index contributed by atoms with van der Waals surface area (Å²) in [5.41, 5.74) is 0. The molecule has 0 saturated carbocycles. The predicted octanol–water partition coefficient (Wildman–Crippen LogP) is 1.33. The van der Waals surface area contributed by atoms with Crippen LogP contribution in [0.5, 0.6) is 0 Å². The standard InChI is InChI=1S/C15H23ClN4O2/c1-12(15(21)18-14-4-3-13(16)11-17-14)20-7-5-19(6-8-20)9-10-22-2/h3-4,11-12H,5-10H2,1-2H3,(H,17,18,21). The molecule has 1 aromatic rings. The third-order valence-electron chi connectivity index (χ3n) is 3.92. The van der Waals surface area contributed by atoms with Gasteiger partial charge in [-0.1, -0.05) is 11.6 Å². The van der Waals surface area contributed by atoms with Gasteiger partial charge < -0.3 is 10.1 Å². The largest absolute Gasteiger partial charge is 0.383 e. The highest BCUT2D eigenvalue weighted by molar-refractivity contribution is 6.30. The number of methoxy groups -OCH3 is 1. The number of carbonyl (C=O) groups is 1. The third kappa shape index (κ3) is 4.91. The van der Waals surface area contributed by atoms with Crippen molar-refractivity contribution in [2.45, 2.75) is 13.0 Å². The molecule has 1 saturated heterocycles. The summed E-state index contributed by atoms with van der Waals surface area (Å²) < 4.78 is 5.10. The minimum Gasteiger partial charge on any atom is -0.383 e. The number of piperazine rings is 1. The Morgan fingerprint density at radius 2 is 2.14 bits per heavy atom. The van der Waals surface area contributed by atoms with Crippen LogP contribution >= 0.6 is 11.6 Å². The van der Waals surface area contributed by atoms with Gasteiger partial charge in [-0.05, 0) is 19.1 Å². The van der Waals surface area contributed by atoms with Crippen LogP contribution in [0, 0.1) is 0 Å². The number of carbonyl (C=O) groups excluding carboxylic acids is 1. The van der Waals surface area contributed by atoms with Gasteiger partial charge in [0.2, 0.25) is 5.91 Å². The smallest absolute Gasteiger partial charge is 0.242 e. The molecule has 0 radical (unpaired) electrons. The highest BCUT2D eigenvalue weighted by atomic mass is 35.5. The summed E-state index contributed by atoms with van der Waals surface area (Å²) in [6, 6.07) is 3.24. The molecule has 1 N–H and O–H groups in total. The summed E-state index contributed by atoms with van der Waals surface area (Å²) >= 11 is 5.79. The van der Waals surface area contributed by atoms with E-state index in [1.54, 1.807) is 19.2 Å². The van der Waals surface area contributed by atoms with Gasteiger partial charge in [0.15, 0.2) is 0 Å². The molecule has 1 unspecified atom stereocenters. The minimum absolute atomic E-state index is 0.0415. The van der Waals surface area contributed by atoms with Crippen molar-refractivity contribution in [3.05, 3.63) is 23.4 Å². The lowest BCUT2D eigenvalue weighted by Gasteiger charge is -2.37. The lowest BCUT2D eigenvalue weighted by atomic mass is 10.2. The van der Waals surface area contributed by atoms with E-state index in [9.17, 15) is 4.79 Å². The van der Waals surface area contributed by atoms with Crippen LogP contribution in [-0.2, 0) is 9.53 Å². The predicted molar refractivity (Wildman–Crippen MR) is 87.2 cm³/mol. The van der Waals surface area contributed by atoms with Crippen LogP contribution in [0.2, 0.25) is 5.02 Å². The van der Waals surface area contributed by atoms with Crippen molar-refractivity contribution in [2.24, 2.45) is 0 Å². The van der Waals surface area contributed by atoms with Gasteiger partial charge in [-0.3, -0.25) is 14.6 Å². The topological polar surface area (TPSA) is 57.7 Å². The second-order valence-corrected chi connectivity index (χ2v) is 5.83. The molecule has 6 nitrogen and oxygen atoms in total. The molecular weight excluding hydrogens is 304 g/mol. The fraction of sp³-hybridized carbons (Fsp3) is 0.600. The first-order valence-electron chi connectivity index (χ1n) is 7.48. The van der Waals surface area contributed by atoms with Crippen LogP contribution < -0.4 is 5.32 Å². The Hall–Kier alpha value is -1.21. The molecule has 7 heteroatoms. The number of rotatable bonds is 6. The molecule has 0 bridgehead atoms. The molecule has 0 aromatic carbocycles. The van der Waals surface area contributed by atoms with E-state index in [0.29, 0.717) is 10.8 Å². The van der Waals surface area contributed by atoms with Crippen LogP contribution in [0.15, 0.2) is 18.3 Å². The van der Waals surface area contributed by atoms with Gasteiger partial charge in [-0.15, -0.1) is 0 Å². The highest BCUT2D eigenvalue weighted by Gasteiger charge is 2.25. The van der Waals surface area contributed by atoms with Gasteiger partial charge in [0.25, 0.3) is 0 Å². The number of amides is 1. The van der Waals surface area contributed by atoms with Crippen LogP contribution in [0.1, 0.15) is 6.92 Å². The average Bonchev–Trinajstić information content (AvgIpc) is 2.55. The molecular formula is C15H23ClN4O2. The van der Waals surface area contributed by atoms with E-state index < -0.39 is 0 Å². The number of ether oxygens (including phenoxy) is 1. The van der Waals surface area contributed by atoms with E-state index in [2.05, 4.69) is 20.1 Å². The maximum atomic E-state index is 12.3. The highest BCUT2D eigenvalue weighted by Crippen LogP contribution is 2.12. The summed E-state index contributed by atoms with van der Waals surface area (Å²) in [5.74, 6) is 0.486. The number of anilines is 1. The van der Waals surface area contributed by atoms with Gasteiger partial charge in [0, 0.05) is 46.0 Å². The number of hydrogen-bond acceptors (Lipinski definition) is 5. The zero-order valence-electron chi connectivity index (χ0n) is 13.1. The molecule has 1 atom stereocenters. The summed E-state index contributed by atoms with van der Waals surface area (Å²) in [6.45, 7) is 7.30. The lowest BCUT2D eigenvalue weighted by molar-refractivity contribution is -0.121. The van der Waals surface area contributed by atoms with Crippen molar-refractivity contribution in [2.75, 3.05) is 51.8 Å². The Bertz CT molecular complexity index is 475. The molecule has 1 aliphatic heterocycles. The van der Waals surface area contributed by atoms with Gasteiger partial charge >= 0.3 is 0 Å². The molecule has 0 spiro atoms. The van der Waals surface area contributed by atoms with Crippen molar-refractivity contribution in [3.8, 4) is 0 Å². The zero-order chi connectivity index (χ0) is 15.9. The molecule has 1 fully saturated rings. The first-order valence-corrected chi connectivity index (χ1v) is 7.85. The third-order valence-corrected chi connectivity index (χ3v) is 4.15. The maximum Gasteiger partial charge on any atom is 0.242 e. The SMILES string of the molecule is COCCN1CCN(C(C)C(=O)Nc2ccc(Cl)cn2)CC1. The Labute approximate surface area is 136 Å². The average molecular weight is 327 g/mol. The number of hydrogen-bond donors (Lipinski definition) is 1. The number of pyridine rings is 1. The van der Waals surface area contributed by atoms with Crippen molar-refractivity contribution in [3.63, 3.8) is 0 Å². The normalized spacial score (nSPS) is 18.1. The van der Waals surface area contributed by atoms with E-state index >= 15 is 0 Å². The molecule has 122 valence electrons.